The van der Waals surface area contributed by atoms with Gasteiger partial charge in [0.15, 0.2) is 0 Å². The molecule has 0 heterocycles. The molecule has 0 saturated heterocycles. The molecule has 28 heavy (non-hydrogen) atoms. The fourth-order valence-electron chi connectivity index (χ4n) is 3.87. The van der Waals surface area contributed by atoms with E-state index in [4.69, 9.17) is 0 Å². The number of halogens is 1. The molecule has 4 aromatic carbocycles. The van der Waals surface area contributed by atoms with Crippen molar-refractivity contribution >= 4 is 45.8 Å². The standard InChI is InChI=1S/C26H23IP/c27-20-22-12-10-11-13-23(22)21-28(24-14-4-1-5-15-24,25-16-6-2-7-17-25)26-18-8-3-9-19-26/h1-19H,20-21H2/q+1. The van der Waals surface area contributed by atoms with Crippen LogP contribution in [0.5, 0.6) is 0 Å². The molecule has 0 aliphatic carbocycles. The largest absolute Gasteiger partial charge is 0.116 e. The van der Waals surface area contributed by atoms with Crippen LogP contribution in [-0.2, 0) is 10.6 Å². The van der Waals surface area contributed by atoms with Gasteiger partial charge in [0.05, 0.1) is 6.16 Å². The summed E-state index contributed by atoms with van der Waals surface area (Å²) in [6, 6.07) is 42.3. The summed E-state index contributed by atoms with van der Waals surface area (Å²) in [6.45, 7) is 0. The monoisotopic (exact) mass is 493 g/mol. The van der Waals surface area contributed by atoms with Gasteiger partial charge in [0.25, 0.3) is 0 Å². The zero-order chi connectivity index (χ0) is 19.2. The molecule has 0 spiro atoms. The summed E-state index contributed by atoms with van der Waals surface area (Å²) >= 11 is 2.49. The molecule has 138 valence electrons. The summed E-state index contributed by atoms with van der Waals surface area (Å²) in [7, 11) is -1.82. The summed E-state index contributed by atoms with van der Waals surface area (Å²) in [5, 5.41) is 4.32. The maximum absolute atomic E-state index is 2.49. The molecule has 0 aliphatic rings. The molecule has 0 amide bonds. The first-order valence-electron chi connectivity index (χ1n) is 9.52. The van der Waals surface area contributed by atoms with Crippen LogP contribution in [-0.4, -0.2) is 0 Å². The molecule has 0 atom stereocenters. The van der Waals surface area contributed by atoms with E-state index in [1.165, 1.54) is 27.0 Å². The Bertz CT molecular complexity index is 917. The van der Waals surface area contributed by atoms with E-state index in [1.807, 2.05) is 0 Å². The maximum Gasteiger partial charge on any atom is 0.116 e. The number of benzene rings is 4. The lowest BCUT2D eigenvalue weighted by atomic mass is 10.1. The highest BCUT2D eigenvalue weighted by Crippen LogP contribution is 2.58. The summed E-state index contributed by atoms with van der Waals surface area (Å²) in [5.74, 6) is 0. The Balaban J connectivity index is 2.01. The number of hydrogen-bond acceptors (Lipinski definition) is 0. The zero-order valence-corrected chi connectivity index (χ0v) is 18.8. The third-order valence-electron chi connectivity index (χ3n) is 5.26. The van der Waals surface area contributed by atoms with Gasteiger partial charge in [-0.1, -0.05) is 101 Å². The van der Waals surface area contributed by atoms with Crippen molar-refractivity contribution in [3.8, 4) is 0 Å². The van der Waals surface area contributed by atoms with Crippen LogP contribution in [0.2, 0.25) is 0 Å². The molecule has 0 fully saturated rings. The summed E-state index contributed by atoms with van der Waals surface area (Å²) in [4.78, 5) is 0. The van der Waals surface area contributed by atoms with Gasteiger partial charge in [0, 0.05) is 4.43 Å². The molecule has 0 bridgehead atoms. The number of alkyl halides is 1. The average molecular weight is 493 g/mol. The molecule has 0 N–H and O–H groups in total. The second-order valence-electron chi connectivity index (χ2n) is 6.88. The van der Waals surface area contributed by atoms with Crippen LogP contribution in [0.25, 0.3) is 0 Å². The summed E-state index contributed by atoms with van der Waals surface area (Å²) < 4.78 is 1.03. The minimum Gasteiger partial charge on any atom is -0.0812 e. The van der Waals surface area contributed by atoms with Crippen molar-refractivity contribution in [3.63, 3.8) is 0 Å². The highest BCUT2D eigenvalue weighted by molar-refractivity contribution is 14.1. The minimum atomic E-state index is -1.82. The van der Waals surface area contributed by atoms with E-state index in [0.717, 1.165) is 10.6 Å². The van der Waals surface area contributed by atoms with Gasteiger partial charge in [-0.25, -0.2) is 0 Å². The maximum atomic E-state index is 2.49. The van der Waals surface area contributed by atoms with E-state index < -0.39 is 7.26 Å². The number of hydrogen-bond donors (Lipinski definition) is 0. The van der Waals surface area contributed by atoms with Crippen molar-refractivity contribution in [3.05, 3.63) is 126 Å². The van der Waals surface area contributed by atoms with Gasteiger partial charge in [-0.15, -0.1) is 0 Å². The molecular formula is C26H23IP+. The first-order chi connectivity index (χ1) is 13.8. The lowest BCUT2D eigenvalue weighted by molar-refractivity contribution is 1.29. The molecule has 0 unspecified atom stereocenters. The quantitative estimate of drug-likeness (QED) is 0.173. The Hall–Kier alpha value is -1.96. The van der Waals surface area contributed by atoms with E-state index in [0.29, 0.717) is 0 Å². The molecule has 4 rings (SSSR count). The highest BCUT2D eigenvalue weighted by Gasteiger charge is 2.45. The average Bonchev–Trinajstić information content (AvgIpc) is 2.79. The molecule has 2 heteroatoms. The topological polar surface area (TPSA) is 0 Å². The molecule has 0 nitrogen and oxygen atoms in total. The second kappa shape index (κ2) is 9.03. The molecule has 4 aromatic rings. The lowest BCUT2D eigenvalue weighted by Gasteiger charge is -2.28. The van der Waals surface area contributed by atoms with E-state index in [2.05, 4.69) is 138 Å². The first-order valence-corrected chi connectivity index (χ1v) is 13.0. The Morgan fingerprint density at radius 1 is 0.464 bits per heavy atom. The minimum absolute atomic E-state index is 1.03. The Labute approximate surface area is 182 Å². The highest BCUT2D eigenvalue weighted by atomic mass is 127. The van der Waals surface area contributed by atoms with Crippen LogP contribution in [0.15, 0.2) is 115 Å². The third-order valence-corrected chi connectivity index (χ3v) is 10.4. The Morgan fingerprint density at radius 3 is 1.21 bits per heavy atom. The number of rotatable bonds is 6. The molecule has 0 saturated carbocycles. The fraction of sp³-hybridized carbons (Fsp3) is 0.0769. The first kappa shape index (κ1) is 19.4. The Kier molecular flexibility index (Phi) is 6.24. The molecular weight excluding hydrogens is 470 g/mol. The normalized spacial score (nSPS) is 11.3. The van der Waals surface area contributed by atoms with Crippen molar-refractivity contribution in [1.82, 2.24) is 0 Å². The smallest absolute Gasteiger partial charge is 0.0812 e. The molecule has 0 aliphatic heterocycles. The van der Waals surface area contributed by atoms with Gasteiger partial charge in [-0.3, -0.25) is 0 Å². The summed E-state index contributed by atoms with van der Waals surface area (Å²) in [6.07, 6.45) is 1.05. The van der Waals surface area contributed by atoms with Crippen molar-refractivity contribution in [2.24, 2.45) is 0 Å². The van der Waals surface area contributed by atoms with Crippen molar-refractivity contribution in [2.45, 2.75) is 10.6 Å². The predicted octanol–water partition coefficient (Wildman–Crippen LogP) is 6.12. The van der Waals surface area contributed by atoms with E-state index in [9.17, 15) is 0 Å². The van der Waals surface area contributed by atoms with Crippen molar-refractivity contribution in [2.75, 3.05) is 0 Å². The van der Waals surface area contributed by atoms with Gasteiger partial charge >= 0.3 is 0 Å². The van der Waals surface area contributed by atoms with Crippen LogP contribution in [0.4, 0.5) is 0 Å². The van der Waals surface area contributed by atoms with Gasteiger partial charge in [0.2, 0.25) is 0 Å². The Morgan fingerprint density at radius 2 is 0.821 bits per heavy atom. The SMILES string of the molecule is ICc1ccccc1C[P+](c1ccccc1)(c1ccccc1)c1ccccc1. The van der Waals surface area contributed by atoms with Crippen LogP contribution in [0.3, 0.4) is 0 Å². The molecule has 0 radical (unpaired) electrons. The van der Waals surface area contributed by atoms with Crippen LogP contribution >= 0.6 is 29.9 Å². The van der Waals surface area contributed by atoms with Gasteiger partial charge in [0.1, 0.15) is 23.2 Å². The van der Waals surface area contributed by atoms with Gasteiger partial charge in [-0.2, -0.15) is 0 Å². The van der Waals surface area contributed by atoms with Crippen molar-refractivity contribution in [1.29, 1.82) is 0 Å². The summed E-state index contributed by atoms with van der Waals surface area (Å²) in [5.41, 5.74) is 2.90. The van der Waals surface area contributed by atoms with Gasteiger partial charge in [-0.05, 0) is 47.5 Å². The van der Waals surface area contributed by atoms with Crippen LogP contribution in [0, 0.1) is 0 Å². The zero-order valence-electron chi connectivity index (χ0n) is 15.7. The van der Waals surface area contributed by atoms with E-state index >= 15 is 0 Å². The predicted molar refractivity (Wildman–Crippen MR) is 133 cm³/mol. The van der Waals surface area contributed by atoms with E-state index in [-0.39, 0.29) is 0 Å². The third kappa shape index (κ3) is 3.79. The van der Waals surface area contributed by atoms with Crippen LogP contribution < -0.4 is 15.9 Å². The molecule has 0 aromatic heterocycles. The van der Waals surface area contributed by atoms with Gasteiger partial charge < -0.3 is 0 Å². The fourth-order valence-corrected chi connectivity index (χ4v) is 8.92. The lowest BCUT2D eigenvalue weighted by Crippen LogP contribution is -2.32. The van der Waals surface area contributed by atoms with E-state index in [1.54, 1.807) is 0 Å². The van der Waals surface area contributed by atoms with Crippen LogP contribution in [0.1, 0.15) is 11.1 Å². The van der Waals surface area contributed by atoms with Crippen molar-refractivity contribution < 1.29 is 0 Å². The second-order valence-corrected chi connectivity index (χ2v) is 11.1.